The van der Waals surface area contributed by atoms with Crippen molar-refractivity contribution in [2.45, 2.75) is 26.2 Å². The number of hydrogen-bond acceptors (Lipinski definition) is 3. The van der Waals surface area contributed by atoms with Crippen molar-refractivity contribution in [2.24, 2.45) is 0 Å². The van der Waals surface area contributed by atoms with Crippen molar-refractivity contribution in [3.05, 3.63) is 57.3 Å². The Balaban J connectivity index is 2.16. The van der Waals surface area contributed by atoms with E-state index in [0.717, 1.165) is 10.4 Å². The van der Waals surface area contributed by atoms with Gasteiger partial charge in [0.2, 0.25) is 0 Å². The molecule has 1 amide bonds. The van der Waals surface area contributed by atoms with Crippen LogP contribution in [0.1, 0.15) is 32.6 Å². The summed E-state index contributed by atoms with van der Waals surface area (Å²) >= 11 is 1.42. The predicted octanol–water partition coefficient (Wildman–Crippen LogP) is 3.14. The molecule has 1 aromatic carbocycles. The molecule has 0 aliphatic heterocycles. The molecule has 0 saturated heterocycles. The van der Waals surface area contributed by atoms with E-state index in [4.69, 9.17) is 0 Å². The molecule has 0 spiro atoms. The van der Waals surface area contributed by atoms with Gasteiger partial charge in [-0.3, -0.25) is 9.59 Å². The van der Waals surface area contributed by atoms with Crippen LogP contribution in [-0.4, -0.2) is 23.5 Å². The summed E-state index contributed by atoms with van der Waals surface area (Å²) in [4.78, 5) is 25.6. The van der Waals surface area contributed by atoms with Crippen molar-refractivity contribution in [1.82, 2.24) is 5.32 Å². The molecule has 0 radical (unpaired) electrons. The van der Waals surface area contributed by atoms with E-state index >= 15 is 0 Å². The van der Waals surface area contributed by atoms with Gasteiger partial charge in [-0.05, 0) is 38.0 Å². The Kier molecular flexibility index (Phi) is 4.66. The molecule has 1 atom stereocenters. The zero-order valence-corrected chi connectivity index (χ0v) is 13.7. The molecule has 1 heterocycles. The van der Waals surface area contributed by atoms with Crippen LogP contribution in [0.2, 0.25) is 0 Å². The molecular weight excluding hydrogens is 298 g/mol. The van der Waals surface area contributed by atoms with Crippen LogP contribution in [0.5, 0.6) is 0 Å². The molecule has 0 aliphatic carbocycles. The Morgan fingerprint density at radius 3 is 2.36 bits per heavy atom. The summed E-state index contributed by atoms with van der Waals surface area (Å²) in [6, 6.07) is 10.8. The van der Waals surface area contributed by atoms with Gasteiger partial charge in [-0.1, -0.05) is 30.3 Å². The third-order valence-electron chi connectivity index (χ3n) is 3.88. The third-order valence-corrected chi connectivity index (χ3v) is 5.03. The quantitative estimate of drug-likeness (QED) is 0.890. The summed E-state index contributed by atoms with van der Waals surface area (Å²) in [5.74, 6) is -1.19. The van der Waals surface area contributed by atoms with Crippen molar-refractivity contribution in [1.29, 1.82) is 0 Å². The van der Waals surface area contributed by atoms with Gasteiger partial charge in [0.25, 0.3) is 5.91 Å². The Hall–Kier alpha value is -2.14. The van der Waals surface area contributed by atoms with E-state index in [0.29, 0.717) is 10.4 Å². The fourth-order valence-corrected chi connectivity index (χ4v) is 3.09. The number of benzene rings is 1. The first-order chi connectivity index (χ1) is 10.3. The molecule has 22 heavy (non-hydrogen) atoms. The first-order valence-electron chi connectivity index (χ1n) is 6.99. The van der Waals surface area contributed by atoms with Crippen LogP contribution in [0.25, 0.3) is 0 Å². The summed E-state index contributed by atoms with van der Waals surface area (Å²) in [6.07, 6.45) is 0. The van der Waals surface area contributed by atoms with Gasteiger partial charge in [0.15, 0.2) is 0 Å². The van der Waals surface area contributed by atoms with Gasteiger partial charge >= 0.3 is 5.97 Å². The van der Waals surface area contributed by atoms with E-state index in [-0.39, 0.29) is 12.5 Å². The molecule has 2 aromatic rings. The lowest BCUT2D eigenvalue weighted by Crippen LogP contribution is -2.44. The Bertz CT molecular complexity index is 674. The number of hydrogen-bond donors (Lipinski definition) is 2. The number of aryl methyl sites for hydroxylation is 2. The van der Waals surface area contributed by atoms with Crippen molar-refractivity contribution in [2.75, 3.05) is 6.54 Å². The van der Waals surface area contributed by atoms with E-state index in [1.165, 1.54) is 11.3 Å². The van der Waals surface area contributed by atoms with Gasteiger partial charge in [-0.2, -0.15) is 0 Å². The second-order valence-corrected chi connectivity index (χ2v) is 6.79. The highest BCUT2D eigenvalue weighted by Gasteiger charge is 2.35. The minimum absolute atomic E-state index is 0.0428. The Labute approximate surface area is 133 Å². The van der Waals surface area contributed by atoms with E-state index < -0.39 is 11.4 Å². The smallest absolute Gasteiger partial charge is 0.315 e. The molecule has 0 fully saturated rings. The zero-order chi connectivity index (χ0) is 16.3. The fraction of sp³-hybridized carbons (Fsp3) is 0.294. The monoisotopic (exact) mass is 317 g/mol. The summed E-state index contributed by atoms with van der Waals surface area (Å²) in [5.41, 5.74) is 0.582. The predicted molar refractivity (Wildman–Crippen MR) is 87.6 cm³/mol. The molecule has 4 nitrogen and oxygen atoms in total. The maximum Gasteiger partial charge on any atom is 0.315 e. The number of carboxylic acid groups (broad SMARTS) is 1. The lowest BCUT2D eigenvalue weighted by molar-refractivity contribution is -0.142. The molecule has 116 valence electrons. The second kappa shape index (κ2) is 6.32. The number of thiophene rings is 1. The topological polar surface area (TPSA) is 66.4 Å². The van der Waals surface area contributed by atoms with Gasteiger partial charge in [0, 0.05) is 11.4 Å². The summed E-state index contributed by atoms with van der Waals surface area (Å²) in [5, 5.41) is 12.3. The SMILES string of the molecule is Cc1cc(C(=O)NCC(C)(C(=O)O)c2ccccc2)sc1C. The van der Waals surface area contributed by atoms with Crippen molar-refractivity contribution in [3.8, 4) is 0 Å². The lowest BCUT2D eigenvalue weighted by atomic mass is 9.82. The fourth-order valence-electron chi connectivity index (χ4n) is 2.14. The molecule has 0 aliphatic rings. The zero-order valence-electron chi connectivity index (χ0n) is 12.8. The number of carbonyl (C=O) groups excluding carboxylic acids is 1. The second-order valence-electron chi connectivity index (χ2n) is 5.54. The van der Waals surface area contributed by atoms with Gasteiger partial charge < -0.3 is 10.4 Å². The minimum atomic E-state index is -1.15. The number of amides is 1. The van der Waals surface area contributed by atoms with E-state index in [9.17, 15) is 14.7 Å². The maximum absolute atomic E-state index is 12.2. The van der Waals surface area contributed by atoms with Gasteiger partial charge in [-0.15, -0.1) is 11.3 Å². The van der Waals surface area contributed by atoms with Crippen LogP contribution in [0.15, 0.2) is 36.4 Å². The molecule has 0 bridgehead atoms. The summed E-state index contributed by atoms with van der Waals surface area (Å²) in [7, 11) is 0. The number of rotatable bonds is 5. The maximum atomic E-state index is 12.2. The largest absolute Gasteiger partial charge is 0.481 e. The molecule has 5 heteroatoms. The average Bonchev–Trinajstić information content (AvgIpc) is 2.84. The average molecular weight is 317 g/mol. The number of carbonyl (C=O) groups is 2. The van der Waals surface area contributed by atoms with Crippen LogP contribution < -0.4 is 5.32 Å². The van der Waals surface area contributed by atoms with Crippen LogP contribution in [-0.2, 0) is 10.2 Å². The lowest BCUT2D eigenvalue weighted by Gasteiger charge is -2.25. The van der Waals surface area contributed by atoms with Crippen molar-refractivity contribution < 1.29 is 14.7 Å². The van der Waals surface area contributed by atoms with Gasteiger partial charge in [0.1, 0.15) is 5.41 Å². The summed E-state index contributed by atoms with van der Waals surface area (Å²) in [6.45, 7) is 5.58. The van der Waals surface area contributed by atoms with Crippen molar-refractivity contribution >= 4 is 23.2 Å². The molecule has 1 aromatic heterocycles. The van der Waals surface area contributed by atoms with E-state index in [1.807, 2.05) is 26.0 Å². The normalized spacial score (nSPS) is 13.4. The highest BCUT2D eigenvalue weighted by molar-refractivity contribution is 7.14. The molecule has 2 N–H and O–H groups in total. The molecule has 1 unspecified atom stereocenters. The highest BCUT2D eigenvalue weighted by Crippen LogP contribution is 2.24. The standard InChI is InChI=1S/C17H19NO3S/c1-11-9-14(22-12(11)2)15(19)18-10-17(3,16(20)21)13-7-5-4-6-8-13/h4-9H,10H2,1-3H3,(H,18,19)(H,20,21). The Morgan fingerprint density at radius 1 is 1.23 bits per heavy atom. The molecular formula is C17H19NO3S. The number of aliphatic carboxylic acids is 1. The van der Waals surface area contributed by atoms with E-state index in [1.54, 1.807) is 31.2 Å². The molecule has 2 rings (SSSR count). The number of carboxylic acids is 1. The Morgan fingerprint density at radius 2 is 1.86 bits per heavy atom. The highest BCUT2D eigenvalue weighted by atomic mass is 32.1. The van der Waals surface area contributed by atoms with Crippen LogP contribution in [0, 0.1) is 13.8 Å². The summed E-state index contributed by atoms with van der Waals surface area (Å²) < 4.78 is 0. The minimum Gasteiger partial charge on any atom is -0.481 e. The van der Waals surface area contributed by atoms with Crippen LogP contribution in [0.3, 0.4) is 0 Å². The number of nitrogens with one attached hydrogen (secondary N) is 1. The third kappa shape index (κ3) is 3.20. The van der Waals surface area contributed by atoms with Crippen LogP contribution >= 0.6 is 11.3 Å². The first kappa shape index (κ1) is 16.2. The van der Waals surface area contributed by atoms with Crippen LogP contribution in [0.4, 0.5) is 0 Å². The van der Waals surface area contributed by atoms with E-state index in [2.05, 4.69) is 5.32 Å². The van der Waals surface area contributed by atoms with Gasteiger partial charge in [0.05, 0.1) is 4.88 Å². The van der Waals surface area contributed by atoms with Gasteiger partial charge in [-0.25, -0.2) is 0 Å². The first-order valence-corrected chi connectivity index (χ1v) is 7.80. The molecule has 0 saturated carbocycles. The van der Waals surface area contributed by atoms with Crippen molar-refractivity contribution in [3.63, 3.8) is 0 Å².